The summed E-state index contributed by atoms with van der Waals surface area (Å²) in [6, 6.07) is 2.83. The van der Waals surface area contributed by atoms with Crippen LogP contribution in [0.15, 0.2) is 0 Å². The van der Waals surface area contributed by atoms with Crippen LogP contribution in [0, 0.1) is 23.2 Å². The van der Waals surface area contributed by atoms with Gasteiger partial charge >= 0.3 is 0 Å². The lowest BCUT2D eigenvalue weighted by molar-refractivity contribution is 0.107. The van der Waals surface area contributed by atoms with Crippen molar-refractivity contribution in [2.75, 3.05) is 6.54 Å². The Morgan fingerprint density at radius 1 is 1.12 bits per heavy atom. The lowest BCUT2D eigenvalue weighted by Crippen LogP contribution is -2.37. The molecule has 0 heterocycles. The first kappa shape index (κ1) is 11.9. The standard InChI is InChI=1S/C13H22N2O/c14-8-11-2-1-3-13(11)15-9-10-4-6-12(16)7-5-10/h10-13,15-16H,1-7,9H2. The molecule has 2 fully saturated rings. The van der Waals surface area contributed by atoms with Gasteiger partial charge in [0.25, 0.3) is 0 Å². The molecule has 0 aromatic rings. The van der Waals surface area contributed by atoms with Gasteiger partial charge in [0.15, 0.2) is 0 Å². The van der Waals surface area contributed by atoms with Gasteiger partial charge in [-0.15, -0.1) is 0 Å². The number of nitrogens with zero attached hydrogens (tertiary/aromatic N) is 1. The summed E-state index contributed by atoms with van der Waals surface area (Å²) in [7, 11) is 0. The van der Waals surface area contributed by atoms with Gasteiger partial charge in [-0.2, -0.15) is 5.26 Å². The Labute approximate surface area is 97.8 Å². The van der Waals surface area contributed by atoms with Crippen LogP contribution in [0.3, 0.4) is 0 Å². The van der Waals surface area contributed by atoms with E-state index >= 15 is 0 Å². The van der Waals surface area contributed by atoms with Crippen LogP contribution >= 0.6 is 0 Å². The molecular formula is C13H22N2O. The fourth-order valence-electron chi connectivity index (χ4n) is 3.03. The molecule has 2 N–H and O–H groups in total. The number of rotatable bonds is 3. The van der Waals surface area contributed by atoms with E-state index in [1.165, 1.54) is 6.42 Å². The summed E-state index contributed by atoms with van der Waals surface area (Å²) < 4.78 is 0. The van der Waals surface area contributed by atoms with Gasteiger partial charge in [-0.3, -0.25) is 0 Å². The topological polar surface area (TPSA) is 56.0 Å². The normalized spacial score (nSPS) is 39.5. The van der Waals surface area contributed by atoms with Crippen LogP contribution in [0.5, 0.6) is 0 Å². The van der Waals surface area contributed by atoms with E-state index in [2.05, 4.69) is 11.4 Å². The number of nitriles is 1. The maximum atomic E-state index is 9.42. The maximum Gasteiger partial charge on any atom is 0.0672 e. The van der Waals surface area contributed by atoms with Crippen molar-refractivity contribution >= 4 is 0 Å². The zero-order valence-corrected chi connectivity index (χ0v) is 9.86. The Hall–Kier alpha value is -0.590. The highest BCUT2D eigenvalue weighted by atomic mass is 16.3. The Balaban J connectivity index is 1.69. The van der Waals surface area contributed by atoms with E-state index in [0.29, 0.717) is 12.0 Å². The Kier molecular flexibility index (Phi) is 4.20. The zero-order chi connectivity index (χ0) is 11.4. The second-order valence-corrected chi connectivity index (χ2v) is 5.36. The van der Waals surface area contributed by atoms with Crippen molar-refractivity contribution in [3.05, 3.63) is 0 Å². The van der Waals surface area contributed by atoms with Gasteiger partial charge in [0.1, 0.15) is 0 Å². The minimum absolute atomic E-state index is 0.0606. The maximum absolute atomic E-state index is 9.42. The van der Waals surface area contributed by atoms with Gasteiger partial charge < -0.3 is 10.4 Å². The highest BCUT2D eigenvalue weighted by Gasteiger charge is 2.28. The molecule has 0 bridgehead atoms. The predicted octanol–water partition coefficient (Wildman–Crippen LogP) is 1.82. The SMILES string of the molecule is N#CC1CCCC1NCC1CCC(O)CC1. The summed E-state index contributed by atoms with van der Waals surface area (Å²) >= 11 is 0. The Morgan fingerprint density at radius 3 is 2.56 bits per heavy atom. The second-order valence-electron chi connectivity index (χ2n) is 5.36. The summed E-state index contributed by atoms with van der Waals surface area (Å²) in [5.41, 5.74) is 0. The lowest BCUT2D eigenvalue weighted by Gasteiger charge is -2.27. The molecule has 0 aliphatic heterocycles. The smallest absolute Gasteiger partial charge is 0.0672 e. The van der Waals surface area contributed by atoms with Crippen molar-refractivity contribution in [1.82, 2.24) is 5.32 Å². The third-order valence-corrected chi connectivity index (χ3v) is 4.17. The van der Waals surface area contributed by atoms with Gasteiger partial charge in [-0.25, -0.2) is 0 Å². The summed E-state index contributed by atoms with van der Waals surface area (Å²) in [6.07, 6.45) is 7.55. The third kappa shape index (κ3) is 2.96. The van der Waals surface area contributed by atoms with Crippen molar-refractivity contribution in [2.45, 2.75) is 57.1 Å². The Bertz CT molecular complexity index is 253. The average Bonchev–Trinajstić information content (AvgIpc) is 2.76. The van der Waals surface area contributed by atoms with Crippen LogP contribution in [0.2, 0.25) is 0 Å². The Morgan fingerprint density at radius 2 is 1.88 bits per heavy atom. The van der Waals surface area contributed by atoms with E-state index < -0.39 is 0 Å². The first-order valence-corrected chi connectivity index (χ1v) is 6.60. The minimum atomic E-state index is -0.0606. The summed E-state index contributed by atoms with van der Waals surface area (Å²) in [5, 5.41) is 22.0. The molecule has 3 nitrogen and oxygen atoms in total. The molecule has 0 spiro atoms. The quantitative estimate of drug-likeness (QED) is 0.766. The van der Waals surface area contributed by atoms with Crippen molar-refractivity contribution < 1.29 is 5.11 Å². The molecule has 0 radical (unpaired) electrons. The zero-order valence-electron chi connectivity index (χ0n) is 9.86. The molecular weight excluding hydrogens is 200 g/mol. The van der Waals surface area contributed by atoms with E-state index in [1.807, 2.05) is 0 Å². The van der Waals surface area contributed by atoms with Crippen LogP contribution in [0.4, 0.5) is 0 Å². The van der Waals surface area contributed by atoms with Gasteiger partial charge in [0.05, 0.1) is 18.1 Å². The van der Waals surface area contributed by atoms with E-state index in [0.717, 1.165) is 45.1 Å². The number of aliphatic hydroxyl groups is 1. The molecule has 2 aliphatic rings. The minimum Gasteiger partial charge on any atom is -0.393 e. The van der Waals surface area contributed by atoms with Crippen LogP contribution in [0.25, 0.3) is 0 Å². The van der Waals surface area contributed by atoms with Crippen molar-refractivity contribution in [3.63, 3.8) is 0 Å². The first-order valence-electron chi connectivity index (χ1n) is 6.60. The lowest BCUT2D eigenvalue weighted by atomic mass is 9.87. The van der Waals surface area contributed by atoms with Crippen molar-refractivity contribution in [2.24, 2.45) is 11.8 Å². The van der Waals surface area contributed by atoms with E-state index in [1.54, 1.807) is 0 Å². The van der Waals surface area contributed by atoms with Gasteiger partial charge in [-0.05, 0) is 51.0 Å². The molecule has 2 rings (SSSR count). The largest absolute Gasteiger partial charge is 0.393 e. The number of aliphatic hydroxyl groups excluding tert-OH is 1. The molecule has 90 valence electrons. The molecule has 2 unspecified atom stereocenters. The molecule has 0 aromatic carbocycles. The molecule has 16 heavy (non-hydrogen) atoms. The van der Waals surface area contributed by atoms with Crippen LogP contribution in [-0.4, -0.2) is 23.8 Å². The molecule has 2 saturated carbocycles. The number of hydrogen-bond acceptors (Lipinski definition) is 3. The van der Waals surface area contributed by atoms with E-state index in [9.17, 15) is 5.11 Å². The molecule has 0 saturated heterocycles. The molecule has 0 amide bonds. The third-order valence-electron chi connectivity index (χ3n) is 4.17. The van der Waals surface area contributed by atoms with Gasteiger partial charge in [0, 0.05) is 6.04 Å². The summed E-state index contributed by atoms with van der Waals surface area (Å²) in [6.45, 7) is 1.04. The monoisotopic (exact) mass is 222 g/mol. The highest BCUT2D eigenvalue weighted by Crippen LogP contribution is 2.27. The van der Waals surface area contributed by atoms with Crippen molar-refractivity contribution in [1.29, 1.82) is 5.26 Å². The van der Waals surface area contributed by atoms with E-state index in [-0.39, 0.29) is 12.0 Å². The first-order chi connectivity index (χ1) is 7.79. The fraction of sp³-hybridized carbons (Fsp3) is 0.923. The highest BCUT2D eigenvalue weighted by molar-refractivity contribution is 4.96. The van der Waals surface area contributed by atoms with Crippen LogP contribution < -0.4 is 5.32 Å². The second kappa shape index (κ2) is 5.65. The molecule has 0 aromatic heterocycles. The van der Waals surface area contributed by atoms with Crippen LogP contribution in [0.1, 0.15) is 44.9 Å². The molecule has 2 atom stereocenters. The number of hydrogen-bond donors (Lipinski definition) is 2. The fourth-order valence-corrected chi connectivity index (χ4v) is 3.03. The summed E-state index contributed by atoms with van der Waals surface area (Å²) in [4.78, 5) is 0. The molecule has 2 aliphatic carbocycles. The van der Waals surface area contributed by atoms with Gasteiger partial charge in [0.2, 0.25) is 0 Å². The van der Waals surface area contributed by atoms with E-state index in [4.69, 9.17) is 5.26 Å². The number of nitrogens with one attached hydrogen (secondary N) is 1. The average molecular weight is 222 g/mol. The van der Waals surface area contributed by atoms with Crippen LogP contribution in [-0.2, 0) is 0 Å². The van der Waals surface area contributed by atoms with Crippen molar-refractivity contribution in [3.8, 4) is 6.07 Å². The molecule has 3 heteroatoms. The summed E-state index contributed by atoms with van der Waals surface area (Å²) in [5.74, 6) is 0.942. The van der Waals surface area contributed by atoms with Gasteiger partial charge in [-0.1, -0.05) is 6.42 Å². The predicted molar refractivity (Wildman–Crippen MR) is 62.7 cm³/mol.